The number of hydrogen-bond acceptors (Lipinski definition) is 2. The fraction of sp³-hybridized carbons (Fsp3) is 0.312. The molecule has 0 atom stereocenters. The van der Waals surface area contributed by atoms with Crippen LogP contribution < -0.4 is 4.74 Å². The first-order chi connectivity index (χ1) is 9.10. The minimum absolute atomic E-state index is 0.475. The van der Waals surface area contributed by atoms with Gasteiger partial charge in [-0.3, -0.25) is 4.99 Å². The van der Waals surface area contributed by atoms with Gasteiger partial charge in [-0.25, -0.2) is 0 Å². The van der Waals surface area contributed by atoms with Crippen molar-refractivity contribution >= 4 is 11.9 Å². The predicted molar refractivity (Wildman–Crippen MR) is 79.8 cm³/mol. The Morgan fingerprint density at radius 1 is 1.21 bits per heavy atom. The maximum absolute atomic E-state index is 5.12. The molecule has 0 aliphatic rings. The molecule has 2 rings (SSSR count). The Hall–Kier alpha value is -2.03. The van der Waals surface area contributed by atoms with E-state index in [9.17, 15) is 0 Å². The van der Waals surface area contributed by atoms with Crippen LogP contribution in [0.25, 0.3) is 0 Å². The molecule has 0 saturated heterocycles. The molecule has 0 fully saturated rings. The molecule has 3 heteroatoms. The molecule has 2 aromatic rings. The summed E-state index contributed by atoms with van der Waals surface area (Å²) in [5.74, 6) is 0.848. The van der Waals surface area contributed by atoms with Crippen LogP contribution in [0.15, 0.2) is 41.5 Å². The Balaban J connectivity index is 2.15. The quantitative estimate of drug-likeness (QED) is 0.755. The third-order valence-corrected chi connectivity index (χ3v) is 3.06. The molecular weight excluding hydrogens is 236 g/mol. The van der Waals surface area contributed by atoms with Crippen LogP contribution in [0.5, 0.6) is 5.75 Å². The molecule has 1 heterocycles. The molecule has 1 aromatic carbocycles. The Morgan fingerprint density at radius 2 is 1.89 bits per heavy atom. The number of hydrogen-bond donors (Lipinski definition) is 0. The van der Waals surface area contributed by atoms with E-state index in [1.54, 1.807) is 7.11 Å². The third-order valence-electron chi connectivity index (χ3n) is 3.06. The maximum Gasteiger partial charge on any atom is 0.119 e. The number of benzene rings is 1. The average Bonchev–Trinajstić information content (AvgIpc) is 2.78. The lowest BCUT2D eigenvalue weighted by atomic mass is 10.3. The summed E-state index contributed by atoms with van der Waals surface area (Å²) in [5, 5.41) is 0. The molecule has 0 N–H and O–H groups in total. The Kier molecular flexibility index (Phi) is 4.05. The van der Waals surface area contributed by atoms with Crippen molar-refractivity contribution in [1.29, 1.82) is 0 Å². The van der Waals surface area contributed by atoms with Crippen LogP contribution in [0.4, 0.5) is 5.69 Å². The minimum Gasteiger partial charge on any atom is -0.497 e. The van der Waals surface area contributed by atoms with Crippen LogP contribution >= 0.6 is 0 Å². The summed E-state index contributed by atoms with van der Waals surface area (Å²) >= 11 is 0. The monoisotopic (exact) mass is 256 g/mol. The molecule has 1 aromatic heterocycles. The van der Waals surface area contributed by atoms with E-state index in [0.717, 1.165) is 17.0 Å². The zero-order valence-corrected chi connectivity index (χ0v) is 11.9. The first-order valence-corrected chi connectivity index (χ1v) is 6.46. The van der Waals surface area contributed by atoms with Crippen LogP contribution in [0.3, 0.4) is 0 Å². The average molecular weight is 256 g/mol. The minimum atomic E-state index is 0.475. The summed E-state index contributed by atoms with van der Waals surface area (Å²) in [6, 6.07) is 10.3. The van der Waals surface area contributed by atoms with Crippen molar-refractivity contribution in [2.75, 3.05) is 7.11 Å². The lowest BCUT2D eigenvalue weighted by Gasteiger charge is -2.08. The van der Waals surface area contributed by atoms with Gasteiger partial charge in [0.1, 0.15) is 5.75 Å². The third kappa shape index (κ3) is 3.25. The molecule has 0 spiro atoms. The first-order valence-electron chi connectivity index (χ1n) is 6.46. The second kappa shape index (κ2) is 5.74. The van der Waals surface area contributed by atoms with Gasteiger partial charge in [0, 0.05) is 29.7 Å². The molecule has 0 aliphatic carbocycles. The number of ether oxygens (including phenoxy) is 1. The number of methoxy groups -OCH3 is 1. The van der Waals surface area contributed by atoms with Crippen molar-refractivity contribution in [2.45, 2.75) is 26.8 Å². The summed E-state index contributed by atoms with van der Waals surface area (Å²) in [4.78, 5) is 4.47. The summed E-state index contributed by atoms with van der Waals surface area (Å²) in [6.07, 6.45) is 4.03. The Morgan fingerprint density at radius 3 is 2.42 bits per heavy atom. The zero-order chi connectivity index (χ0) is 13.8. The number of aryl methyl sites for hydroxylation is 1. The highest BCUT2D eigenvalue weighted by atomic mass is 16.5. The first kappa shape index (κ1) is 13.4. The van der Waals surface area contributed by atoms with Crippen molar-refractivity contribution in [3.8, 4) is 5.75 Å². The van der Waals surface area contributed by atoms with Crippen LogP contribution in [-0.2, 0) is 0 Å². The largest absolute Gasteiger partial charge is 0.497 e. The summed E-state index contributed by atoms with van der Waals surface area (Å²) in [6.45, 7) is 6.47. The second-order valence-corrected chi connectivity index (χ2v) is 4.87. The van der Waals surface area contributed by atoms with E-state index in [2.05, 4.69) is 42.6 Å². The highest BCUT2D eigenvalue weighted by molar-refractivity contribution is 5.82. The van der Waals surface area contributed by atoms with E-state index >= 15 is 0 Å². The van der Waals surface area contributed by atoms with E-state index in [-0.39, 0.29) is 0 Å². The predicted octanol–water partition coefficient (Wildman–Crippen LogP) is 4.14. The molecule has 3 nitrogen and oxygen atoms in total. The van der Waals surface area contributed by atoms with Crippen molar-refractivity contribution in [3.05, 3.63) is 47.8 Å². The Bertz CT molecular complexity index is 565. The van der Waals surface area contributed by atoms with E-state index in [4.69, 9.17) is 4.74 Å². The van der Waals surface area contributed by atoms with Crippen LogP contribution in [0, 0.1) is 6.92 Å². The van der Waals surface area contributed by atoms with Gasteiger partial charge in [-0.15, -0.1) is 0 Å². The molecule has 0 amide bonds. The standard InChI is InChI=1S/C16H20N2O/c1-12(2)18-11-14(9-13(18)3)10-17-15-5-7-16(19-4)8-6-15/h5-12H,1-4H3. The van der Waals surface area contributed by atoms with E-state index in [1.165, 1.54) is 5.69 Å². The fourth-order valence-corrected chi connectivity index (χ4v) is 2.06. The number of rotatable bonds is 4. The highest BCUT2D eigenvalue weighted by Crippen LogP contribution is 2.18. The smallest absolute Gasteiger partial charge is 0.119 e. The van der Waals surface area contributed by atoms with E-state index in [0.29, 0.717) is 6.04 Å². The van der Waals surface area contributed by atoms with Crippen LogP contribution in [-0.4, -0.2) is 17.9 Å². The van der Waals surface area contributed by atoms with E-state index in [1.807, 2.05) is 30.5 Å². The normalized spacial score (nSPS) is 11.4. The van der Waals surface area contributed by atoms with Crippen molar-refractivity contribution < 1.29 is 4.74 Å². The van der Waals surface area contributed by atoms with Gasteiger partial charge in [0.25, 0.3) is 0 Å². The summed E-state index contributed by atoms with van der Waals surface area (Å²) < 4.78 is 7.37. The summed E-state index contributed by atoms with van der Waals surface area (Å²) in [7, 11) is 1.66. The molecule has 0 saturated carbocycles. The fourth-order valence-electron chi connectivity index (χ4n) is 2.06. The lowest BCUT2D eigenvalue weighted by Crippen LogP contribution is -2.00. The van der Waals surface area contributed by atoms with E-state index < -0.39 is 0 Å². The topological polar surface area (TPSA) is 26.5 Å². The zero-order valence-electron chi connectivity index (χ0n) is 11.9. The molecule has 19 heavy (non-hydrogen) atoms. The van der Waals surface area contributed by atoms with Crippen molar-refractivity contribution in [1.82, 2.24) is 4.57 Å². The van der Waals surface area contributed by atoms with Gasteiger partial charge in [0.05, 0.1) is 12.8 Å². The lowest BCUT2D eigenvalue weighted by molar-refractivity contribution is 0.415. The number of aliphatic imine (C=N–C) groups is 1. The Labute approximate surface area is 114 Å². The van der Waals surface area contributed by atoms with Gasteiger partial charge in [0.2, 0.25) is 0 Å². The number of nitrogens with zero attached hydrogens (tertiary/aromatic N) is 2. The molecule has 0 unspecified atom stereocenters. The van der Waals surface area contributed by atoms with Crippen molar-refractivity contribution in [2.24, 2.45) is 4.99 Å². The summed E-state index contributed by atoms with van der Waals surface area (Å²) in [5.41, 5.74) is 3.31. The number of aromatic nitrogens is 1. The van der Waals surface area contributed by atoms with Gasteiger partial charge in [-0.05, 0) is 51.1 Å². The molecule has 100 valence electrons. The molecule has 0 aliphatic heterocycles. The SMILES string of the molecule is COc1ccc(N=Cc2cc(C)n(C(C)C)c2)cc1. The molecular formula is C16H20N2O. The second-order valence-electron chi connectivity index (χ2n) is 4.87. The van der Waals surface area contributed by atoms with Crippen LogP contribution in [0.2, 0.25) is 0 Å². The molecule has 0 radical (unpaired) electrons. The van der Waals surface area contributed by atoms with Gasteiger partial charge in [0.15, 0.2) is 0 Å². The van der Waals surface area contributed by atoms with Gasteiger partial charge >= 0.3 is 0 Å². The van der Waals surface area contributed by atoms with Crippen molar-refractivity contribution in [3.63, 3.8) is 0 Å². The maximum atomic E-state index is 5.12. The van der Waals surface area contributed by atoms with Gasteiger partial charge < -0.3 is 9.30 Å². The van der Waals surface area contributed by atoms with Gasteiger partial charge in [-0.1, -0.05) is 0 Å². The van der Waals surface area contributed by atoms with Crippen LogP contribution in [0.1, 0.15) is 31.1 Å². The van der Waals surface area contributed by atoms with Gasteiger partial charge in [-0.2, -0.15) is 0 Å². The highest BCUT2D eigenvalue weighted by Gasteiger charge is 2.03. The molecule has 0 bridgehead atoms.